The van der Waals surface area contributed by atoms with E-state index in [-0.39, 0.29) is 20.2 Å². The number of isocyanates is 3. The van der Waals surface area contributed by atoms with Crippen LogP contribution in [0.1, 0.15) is 27.7 Å². The standard InChI is InChI=1S/C12H17N3O3S3/c1-9(13-6-16)19-5-12(4,20-10(2)14-7-17)21-11(3)15-8-18/h9-11H,5H2,1-4H3. The lowest BCUT2D eigenvalue weighted by Gasteiger charge is -2.31. The molecule has 0 bridgehead atoms. The third-order valence-electron chi connectivity index (χ3n) is 2.13. The van der Waals surface area contributed by atoms with E-state index in [1.54, 1.807) is 20.8 Å². The molecule has 3 unspecified atom stereocenters. The largest absolute Gasteiger partial charge is 0.236 e. The maximum atomic E-state index is 10.3. The minimum Gasteiger partial charge on any atom is -0.211 e. The van der Waals surface area contributed by atoms with Crippen LogP contribution in [0.3, 0.4) is 0 Å². The van der Waals surface area contributed by atoms with Crippen molar-refractivity contribution in [3.63, 3.8) is 0 Å². The van der Waals surface area contributed by atoms with Crippen molar-refractivity contribution in [1.82, 2.24) is 0 Å². The van der Waals surface area contributed by atoms with Gasteiger partial charge in [0.1, 0.15) is 16.1 Å². The summed E-state index contributed by atoms with van der Waals surface area (Å²) in [6, 6.07) is 0. The van der Waals surface area contributed by atoms with Crippen molar-refractivity contribution >= 4 is 53.5 Å². The molecule has 0 aliphatic rings. The van der Waals surface area contributed by atoms with Gasteiger partial charge in [0.25, 0.3) is 0 Å². The molecule has 0 fully saturated rings. The van der Waals surface area contributed by atoms with Crippen molar-refractivity contribution in [3.8, 4) is 0 Å². The molecule has 0 aliphatic carbocycles. The number of carbonyl (C=O) groups excluding carboxylic acids is 3. The molecule has 0 aromatic rings. The lowest BCUT2D eigenvalue weighted by atomic mass is 10.5. The zero-order chi connectivity index (χ0) is 16.3. The Hall–Kier alpha value is -0.810. The van der Waals surface area contributed by atoms with E-state index in [2.05, 4.69) is 15.0 Å². The van der Waals surface area contributed by atoms with Gasteiger partial charge in [-0.05, 0) is 27.7 Å². The Morgan fingerprint density at radius 2 is 1.24 bits per heavy atom. The summed E-state index contributed by atoms with van der Waals surface area (Å²) in [6.07, 6.45) is 4.60. The molecule has 0 aliphatic heterocycles. The number of rotatable bonds is 10. The number of nitrogens with zero attached hydrogens (tertiary/aromatic N) is 3. The zero-order valence-electron chi connectivity index (χ0n) is 12.2. The average Bonchev–Trinajstić information content (AvgIpc) is 2.37. The van der Waals surface area contributed by atoms with E-state index >= 15 is 0 Å². The Morgan fingerprint density at radius 3 is 1.62 bits per heavy atom. The Labute approximate surface area is 136 Å². The summed E-state index contributed by atoms with van der Waals surface area (Å²) >= 11 is 4.41. The third kappa shape index (κ3) is 9.69. The van der Waals surface area contributed by atoms with E-state index < -0.39 is 0 Å². The van der Waals surface area contributed by atoms with Crippen molar-refractivity contribution in [3.05, 3.63) is 0 Å². The minimum atomic E-state index is -0.364. The third-order valence-corrected chi connectivity index (χ3v) is 6.58. The monoisotopic (exact) mass is 347 g/mol. The highest BCUT2D eigenvalue weighted by Crippen LogP contribution is 2.45. The Kier molecular flexibility index (Phi) is 10.4. The number of thioether (sulfide) groups is 3. The molecule has 21 heavy (non-hydrogen) atoms. The van der Waals surface area contributed by atoms with Crippen molar-refractivity contribution in [1.29, 1.82) is 0 Å². The second-order valence-corrected chi connectivity index (χ2v) is 9.34. The van der Waals surface area contributed by atoms with Crippen LogP contribution < -0.4 is 0 Å². The van der Waals surface area contributed by atoms with Gasteiger partial charge in [-0.1, -0.05) is 0 Å². The molecule has 0 aromatic carbocycles. The Bertz CT molecular complexity index is 444. The van der Waals surface area contributed by atoms with E-state index in [4.69, 9.17) is 0 Å². The van der Waals surface area contributed by atoms with E-state index in [0.29, 0.717) is 5.75 Å². The SMILES string of the molecule is CC(N=C=O)SCC(C)(SC(C)N=C=O)SC(C)N=C=O. The van der Waals surface area contributed by atoms with Crippen molar-refractivity contribution < 1.29 is 14.4 Å². The number of hydrogen-bond donors (Lipinski definition) is 0. The second-order valence-electron chi connectivity index (χ2n) is 4.14. The summed E-state index contributed by atoms with van der Waals surface area (Å²) in [5, 5.41) is -0.742. The van der Waals surface area contributed by atoms with Gasteiger partial charge in [0.05, 0.1) is 4.08 Å². The van der Waals surface area contributed by atoms with Gasteiger partial charge in [-0.2, -0.15) is 15.0 Å². The summed E-state index contributed by atoms with van der Waals surface area (Å²) in [5.74, 6) is 0.631. The molecule has 0 radical (unpaired) electrons. The number of hydrogen-bond acceptors (Lipinski definition) is 9. The van der Waals surface area contributed by atoms with Gasteiger partial charge in [0.15, 0.2) is 0 Å². The fourth-order valence-corrected chi connectivity index (χ4v) is 5.71. The summed E-state index contributed by atoms with van der Waals surface area (Å²) in [7, 11) is 0. The van der Waals surface area contributed by atoms with Gasteiger partial charge in [-0.15, -0.1) is 35.3 Å². The van der Waals surface area contributed by atoms with Gasteiger partial charge in [-0.25, -0.2) is 14.4 Å². The molecule has 6 nitrogen and oxygen atoms in total. The molecular weight excluding hydrogens is 330 g/mol. The van der Waals surface area contributed by atoms with Crippen LogP contribution in [0.15, 0.2) is 15.0 Å². The van der Waals surface area contributed by atoms with Gasteiger partial charge >= 0.3 is 0 Å². The molecule has 0 spiro atoms. The van der Waals surface area contributed by atoms with Gasteiger partial charge < -0.3 is 0 Å². The highest BCUT2D eigenvalue weighted by atomic mass is 32.2. The average molecular weight is 347 g/mol. The van der Waals surface area contributed by atoms with Crippen molar-refractivity contribution in [2.24, 2.45) is 15.0 Å². The van der Waals surface area contributed by atoms with E-state index in [0.717, 1.165) is 0 Å². The quantitative estimate of drug-likeness (QED) is 0.343. The first kappa shape index (κ1) is 20.2. The highest BCUT2D eigenvalue weighted by Gasteiger charge is 2.31. The molecule has 0 rings (SSSR count). The smallest absolute Gasteiger partial charge is 0.211 e. The molecule has 116 valence electrons. The molecule has 0 heterocycles. The van der Waals surface area contributed by atoms with E-state index in [1.165, 1.54) is 53.5 Å². The van der Waals surface area contributed by atoms with E-state index in [1.807, 2.05) is 6.92 Å². The van der Waals surface area contributed by atoms with Gasteiger partial charge in [0.2, 0.25) is 18.2 Å². The zero-order valence-corrected chi connectivity index (χ0v) is 14.7. The first-order chi connectivity index (χ1) is 9.86. The molecule has 9 heteroatoms. The lowest BCUT2D eigenvalue weighted by molar-refractivity contribution is 0.562. The van der Waals surface area contributed by atoms with Crippen LogP contribution in [0.2, 0.25) is 0 Å². The van der Waals surface area contributed by atoms with Crippen LogP contribution in [0, 0.1) is 0 Å². The van der Waals surface area contributed by atoms with Crippen LogP contribution in [0.4, 0.5) is 0 Å². The van der Waals surface area contributed by atoms with Gasteiger partial charge in [-0.3, -0.25) is 0 Å². The first-order valence-electron chi connectivity index (χ1n) is 6.05. The van der Waals surface area contributed by atoms with Crippen LogP contribution in [0.5, 0.6) is 0 Å². The maximum Gasteiger partial charge on any atom is 0.236 e. The van der Waals surface area contributed by atoms with Crippen LogP contribution in [-0.2, 0) is 14.4 Å². The highest BCUT2D eigenvalue weighted by molar-refractivity contribution is 8.19. The summed E-state index contributed by atoms with van der Waals surface area (Å²) in [6.45, 7) is 7.35. The molecule has 3 atom stereocenters. The van der Waals surface area contributed by atoms with E-state index in [9.17, 15) is 14.4 Å². The second kappa shape index (κ2) is 10.9. The van der Waals surface area contributed by atoms with Crippen molar-refractivity contribution in [2.75, 3.05) is 5.75 Å². The molecule has 0 saturated heterocycles. The normalized spacial score (nSPS) is 17.1. The molecule has 0 amide bonds. The van der Waals surface area contributed by atoms with Crippen LogP contribution in [-0.4, -0.2) is 44.2 Å². The predicted octanol–water partition coefficient (Wildman–Crippen LogP) is 2.95. The molecule has 0 N–H and O–H groups in total. The van der Waals surface area contributed by atoms with Crippen LogP contribution in [0.25, 0.3) is 0 Å². The summed E-state index contributed by atoms with van der Waals surface area (Å²) in [5.41, 5.74) is 0. The molecular formula is C12H17N3O3S3. The van der Waals surface area contributed by atoms with Crippen molar-refractivity contribution in [2.45, 2.75) is 47.9 Å². The summed E-state index contributed by atoms with van der Waals surface area (Å²) in [4.78, 5) is 41.9. The maximum absolute atomic E-state index is 10.3. The first-order valence-corrected chi connectivity index (χ1v) is 8.86. The minimum absolute atomic E-state index is 0.210. The molecule has 0 aromatic heterocycles. The lowest BCUT2D eigenvalue weighted by Crippen LogP contribution is -2.25. The summed E-state index contributed by atoms with van der Waals surface area (Å²) < 4.78 is -0.364. The topological polar surface area (TPSA) is 88.3 Å². The fraction of sp³-hybridized carbons (Fsp3) is 0.750. The Balaban J connectivity index is 4.91. The number of aliphatic imine (C=N–C) groups is 3. The fourth-order valence-electron chi connectivity index (χ4n) is 1.40. The van der Waals surface area contributed by atoms with Crippen LogP contribution >= 0.6 is 35.3 Å². The van der Waals surface area contributed by atoms with Gasteiger partial charge in [0, 0.05) is 5.75 Å². The predicted molar refractivity (Wildman–Crippen MR) is 88.8 cm³/mol. The Morgan fingerprint density at radius 1 is 0.857 bits per heavy atom. The molecule has 0 saturated carbocycles.